The van der Waals surface area contributed by atoms with Gasteiger partial charge in [-0.1, -0.05) is 0 Å². The molecule has 1 unspecified atom stereocenters. The van der Waals surface area contributed by atoms with Crippen molar-refractivity contribution < 1.29 is 42.6 Å². The van der Waals surface area contributed by atoms with Crippen molar-refractivity contribution in [3.05, 3.63) is 6.92 Å². The molecule has 4 heteroatoms. The predicted octanol–water partition coefficient (Wildman–Crippen LogP) is -0.770. The van der Waals surface area contributed by atoms with Crippen LogP contribution in [0.15, 0.2) is 0 Å². The van der Waals surface area contributed by atoms with Crippen molar-refractivity contribution >= 4 is 5.97 Å². The molecule has 1 atom stereocenters. The van der Waals surface area contributed by atoms with Crippen molar-refractivity contribution in [1.29, 1.82) is 0 Å². The normalized spacial score (nSPS) is 11.7. The fourth-order valence-corrected chi connectivity index (χ4v) is 0. The van der Waals surface area contributed by atoms with E-state index in [1.54, 1.807) is 0 Å². The van der Waals surface area contributed by atoms with Crippen LogP contribution in [0.3, 0.4) is 0 Å². The summed E-state index contributed by atoms with van der Waals surface area (Å²) in [6.45, 7) is 3.02. The molecular weight excluding hydrogens is 171 g/mol. The molecule has 7 heavy (non-hydrogen) atoms. The van der Waals surface area contributed by atoms with Gasteiger partial charge < -0.3 is 17.8 Å². The van der Waals surface area contributed by atoms with Crippen molar-refractivity contribution in [2.24, 2.45) is 5.73 Å². The summed E-state index contributed by atoms with van der Waals surface area (Å²) in [7, 11) is 0. The Bertz CT molecular complexity index is 64.0. The summed E-state index contributed by atoms with van der Waals surface area (Å²) in [5.74, 6) is -1.07. The van der Waals surface area contributed by atoms with E-state index in [4.69, 9.17) is 10.8 Å². The fourth-order valence-electron chi connectivity index (χ4n) is 0. The van der Waals surface area contributed by atoms with Crippen LogP contribution in [0.4, 0.5) is 0 Å². The van der Waals surface area contributed by atoms with E-state index in [0.717, 1.165) is 0 Å². The van der Waals surface area contributed by atoms with Crippen molar-refractivity contribution in [3.63, 3.8) is 0 Å². The first-order chi connectivity index (χ1) is 2.64. The summed E-state index contributed by atoms with van der Waals surface area (Å²) in [4.78, 5) is 9.51. The van der Waals surface area contributed by atoms with Crippen LogP contribution in [0, 0.1) is 6.92 Å². The third-order valence-corrected chi connectivity index (χ3v) is 0.317. The molecule has 3 nitrogen and oxygen atoms in total. The maximum absolute atomic E-state index is 9.51. The molecule has 0 spiro atoms. The minimum atomic E-state index is -1.07. The molecule has 0 saturated carbocycles. The molecule has 0 aliphatic carbocycles. The zero-order valence-corrected chi connectivity index (χ0v) is 6.63. The molecule has 0 aromatic heterocycles. The first-order valence-corrected chi connectivity index (χ1v) is 1.46. The zero-order valence-electron chi connectivity index (χ0n) is 3.79. The van der Waals surface area contributed by atoms with Gasteiger partial charge in [0.15, 0.2) is 0 Å². The molecule has 0 aliphatic heterocycles. The van der Waals surface area contributed by atoms with Crippen LogP contribution in [0.2, 0.25) is 0 Å². The van der Waals surface area contributed by atoms with E-state index < -0.39 is 12.0 Å². The van der Waals surface area contributed by atoms with Crippen LogP contribution in [-0.4, -0.2) is 17.1 Å². The first kappa shape index (κ1) is 10.5. The van der Waals surface area contributed by atoms with E-state index in [-0.39, 0.29) is 32.7 Å². The average Bonchev–Trinajstić information content (AvgIpc) is 1.36. The topological polar surface area (TPSA) is 63.3 Å². The second kappa shape index (κ2) is 4.69. The number of hydrogen-bond acceptors (Lipinski definition) is 2. The van der Waals surface area contributed by atoms with Gasteiger partial charge >= 0.3 is 0 Å². The second-order valence-corrected chi connectivity index (χ2v) is 0.945. The van der Waals surface area contributed by atoms with Crippen molar-refractivity contribution in [2.75, 3.05) is 0 Å². The largest absolute Gasteiger partial charge is 0.482 e. The third kappa shape index (κ3) is 6.53. The summed E-state index contributed by atoms with van der Waals surface area (Å²) < 4.78 is 0. The van der Waals surface area contributed by atoms with Gasteiger partial charge in [0, 0.05) is 32.7 Å². The Kier molecular flexibility index (Phi) is 7.03. The molecule has 0 fully saturated rings. The van der Waals surface area contributed by atoms with Crippen LogP contribution >= 0.6 is 0 Å². The van der Waals surface area contributed by atoms with E-state index in [1.807, 2.05) is 0 Å². The van der Waals surface area contributed by atoms with Gasteiger partial charge in [-0.15, -0.1) is 0 Å². The Morgan fingerprint density at radius 2 is 2.00 bits per heavy atom. The van der Waals surface area contributed by atoms with Crippen LogP contribution in [0.5, 0.6) is 0 Å². The van der Waals surface area contributed by atoms with Crippen LogP contribution in [-0.2, 0) is 37.5 Å². The number of rotatable bonds is 1. The standard InChI is InChI=1S/C3H6NO2.Y/c1-2(4)3(5)6;/h2H,1,4H2,(H,5,6);/q-1;. The van der Waals surface area contributed by atoms with Gasteiger partial charge in [0.2, 0.25) is 0 Å². The van der Waals surface area contributed by atoms with Crippen molar-refractivity contribution in [1.82, 2.24) is 0 Å². The minimum absolute atomic E-state index is 0. The van der Waals surface area contributed by atoms with Gasteiger partial charge in [0.25, 0.3) is 5.97 Å². The Hall–Kier alpha value is 0.534. The summed E-state index contributed by atoms with van der Waals surface area (Å²) >= 11 is 0. The Morgan fingerprint density at radius 1 is 1.86 bits per heavy atom. The molecule has 0 rings (SSSR count). The molecule has 3 N–H and O–H groups in total. The second-order valence-electron chi connectivity index (χ2n) is 0.945. The van der Waals surface area contributed by atoms with Gasteiger partial charge in [-0.3, -0.25) is 4.79 Å². The molecule has 0 aromatic rings. The zero-order chi connectivity index (χ0) is 5.15. The van der Waals surface area contributed by atoms with Gasteiger partial charge in [0.1, 0.15) is 0 Å². The number of nitrogens with two attached hydrogens (primary N) is 1. The van der Waals surface area contributed by atoms with Crippen LogP contribution in [0.1, 0.15) is 0 Å². The SMILES string of the molecule is [CH2-]C(N)C(=O)O.[Y]. The Labute approximate surface area is 67.1 Å². The Morgan fingerprint density at radius 3 is 2.00 bits per heavy atom. The molecule has 0 saturated heterocycles. The van der Waals surface area contributed by atoms with Crippen molar-refractivity contribution in [3.8, 4) is 0 Å². The molecule has 0 aliphatic rings. The molecule has 0 amide bonds. The first-order valence-electron chi connectivity index (χ1n) is 1.46. The van der Waals surface area contributed by atoms with Crippen LogP contribution in [0.25, 0.3) is 0 Å². The van der Waals surface area contributed by atoms with Gasteiger partial charge in [-0.2, -0.15) is 0 Å². The smallest absolute Gasteiger partial charge is 0.289 e. The fraction of sp³-hybridized carbons (Fsp3) is 0.333. The Balaban J connectivity index is 0. The van der Waals surface area contributed by atoms with Gasteiger partial charge in [0.05, 0.1) is 0 Å². The maximum atomic E-state index is 9.51. The summed E-state index contributed by atoms with van der Waals surface area (Å²) in [6, 6.07) is -0.981. The van der Waals surface area contributed by atoms with Gasteiger partial charge in [-0.25, -0.2) is 0 Å². The molecule has 0 aromatic carbocycles. The number of hydrogen-bond donors (Lipinski definition) is 2. The number of aliphatic carboxylic acids is 1. The maximum Gasteiger partial charge on any atom is 0.289 e. The molecule has 0 bridgehead atoms. The molecular formula is C3H6NO2Y-. The number of carbonyl (C=O) groups is 1. The molecule has 39 valence electrons. The summed E-state index contributed by atoms with van der Waals surface area (Å²) in [6.07, 6.45) is 0. The molecule has 1 radical (unpaired) electrons. The van der Waals surface area contributed by atoms with Crippen molar-refractivity contribution in [2.45, 2.75) is 6.04 Å². The van der Waals surface area contributed by atoms with E-state index >= 15 is 0 Å². The monoisotopic (exact) mass is 177 g/mol. The average molecular weight is 177 g/mol. The summed E-state index contributed by atoms with van der Waals surface area (Å²) in [5, 5.41) is 7.80. The summed E-state index contributed by atoms with van der Waals surface area (Å²) in [5.41, 5.74) is 4.72. The van der Waals surface area contributed by atoms with E-state index in [1.165, 1.54) is 0 Å². The minimum Gasteiger partial charge on any atom is -0.482 e. The molecule has 0 heterocycles. The number of carboxylic acid groups (broad SMARTS) is 1. The quantitative estimate of drug-likeness (QED) is 0.517. The van der Waals surface area contributed by atoms with E-state index in [0.29, 0.717) is 0 Å². The van der Waals surface area contributed by atoms with E-state index in [9.17, 15) is 4.79 Å². The van der Waals surface area contributed by atoms with Gasteiger partial charge in [-0.05, 0) is 6.04 Å². The number of carboxylic acids is 1. The third-order valence-electron chi connectivity index (χ3n) is 0.317. The predicted molar refractivity (Wildman–Crippen MR) is 21.0 cm³/mol. The van der Waals surface area contributed by atoms with Crippen LogP contribution < -0.4 is 5.73 Å². The van der Waals surface area contributed by atoms with E-state index in [2.05, 4.69) is 6.92 Å².